The van der Waals surface area contributed by atoms with Crippen molar-refractivity contribution in [3.8, 4) is 0 Å². The molecule has 7 heteroatoms. The van der Waals surface area contributed by atoms with E-state index in [-0.39, 0.29) is 17.8 Å². The Morgan fingerprint density at radius 1 is 1.42 bits per heavy atom. The highest BCUT2D eigenvalue weighted by Crippen LogP contribution is 2.20. The second-order valence-electron chi connectivity index (χ2n) is 4.51. The third kappa shape index (κ3) is 3.06. The second kappa shape index (κ2) is 5.47. The summed E-state index contributed by atoms with van der Waals surface area (Å²) >= 11 is 0. The Labute approximate surface area is 109 Å². The molecule has 0 radical (unpaired) electrons. The van der Waals surface area contributed by atoms with E-state index in [4.69, 9.17) is 0 Å². The Morgan fingerprint density at radius 2 is 2.21 bits per heavy atom. The highest BCUT2D eigenvalue weighted by Gasteiger charge is 2.20. The number of nitrogens with zero attached hydrogens (tertiary/aromatic N) is 2. The van der Waals surface area contributed by atoms with Crippen LogP contribution < -0.4 is 11.0 Å². The van der Waals surface area contributed by atoms with Gasteiger partial charge < -0.3 is 5.32 Å². The van der Waals surface area contributed by atoms with Crippen LogP contribution in [0.15, 0.2) is 29.3 Å². The normalized spacial score (nSPS) is 12.4. The van der Waals surface area contributed by atoms with Crippen LogP contribution in [-0.2, 0) is 0 Å². The summed E-state index contributed by atoms with van der Waals surface area (Å²) in [6, 6.07) is 3.51. The fraction of sp³-hybridized carbons (Fsp3) is 0.333. The van der Waals surface area contributed by atoms with Crippen LogP contribution in [0.4, 0.5) is 0 Å². The molecule has 0 fully saturated rings. The maximum atomic E-state index is 12.0. The van der Waals surface area contributed by atoms with Gasteiger partial charge in [0.05, 0.1) is 6.04 Å². The SMILES string of the molecule is CC(C)[C@@H](NC(=O)c1n[nH]c(=O)[nH]1)c1cccnc1. The van der Waals surface area contributed by atoms with Crippen molar-refractivity contribution in [3.63, 3.8) is 0 Å². The molecule has 0 aliphatic carbocycles. The summed E-state index contributed by atoms with van der Waals surface area (Å²) in [7, 11) is 0. The van der Waals surface area contributed by atoms with Crippen molar-refractivity contribution in [2.24, 2.45) is 5.92 Å². The van der Waals surface area contributed by atoms with Gasteiger partial charge in [0.15, 0.2) is 0 Å². The first kappa shape index (κ1) is 13.0. The smallest absolute Gasteiger partial charge is 0.341 e. The Bertz CT molecular complexity index is 602. The maximum absolute atomic E-state index is 12.0. The van der Waals surface area contributed by atoms with Gasteiger partial charge in [-0.1, -0.05) is 19.9 Å². The van der Waals surface area contributed by atoms with Crippen LogP contribution in [0.3, 0.4) is 0 Å². The van der Waals surface area contributed by atoms with E-state index in [2.05, 4.69) is 25.5 Å². The molecular formula is C12H15N5O2. The number of amides is 1. The molecule has 0 unspecified atom stereocenters. The fourth-order valence-corrected chi connectivity index (χ4v) is 1.78. The van der Waals surface area contributed by atoms with Crippen LogP contribution in [0.1, 0.15) is 36.1 Å². The Morgan fingerprint density at radius 3 is 2.74 bits per heavy atom. The molecular weight excluding hydrogens is 246 g/mol. The Kier molecular flexibility index (Phi) is 3.74. The molecule has 3 N–H and O–H groups in total. The first-order valence-corrected chi connectivity index (χ1v) is 5.93. The number of nitrogens with one attached hydrogen (secondary N) is 3. The number of H-pyrrole nitrogens is 2. The van der Waals surface area contributed by atoms with Crippen LogP contribution >= 0.6 is 0 Å². The molecule has 2 heterocycles. The number of hydrogen-bond donors (Lipinski definition) is 3. The molecule has 2 aromatic heterocycles. The molecule has 0 spiro atoms. The van der Waals surface area contributed by atoms with Gasteiger partial charge in [-0.2, -0.15) is 0 Å². The van der Waals surface area contributed by atoms with Gasteiger partial charge in [0.25, 0.3) is 5.91 Å². The van der Waals surface area contributed by atoms with Gasteiger partial charge >= 0.3 is 5.69 Å². The third-order valence-corrected chi connectivity index (χ3v) is 2.71. The zero-order chi connectivity index (χ0) is 13.8. The summed E-state index contributed by atoms with van der Waals surface area (Å²) in [6.07, 6.45) is 3.38. The summed E-state index contributed by atoms with van der Waals surface area (Å²) < 4.78 is 0. The van der Waals surface area contributed by atoms with Gasteiger partial charge in [-0.3, -0.25) is 14.8 Å². The van der Waals surface area contributed by atoms with Gasteiger partial charge in [-0.15, -0.1) is 5.10 Å². The fourth-order valence-electron chi connectivity index (χ4n) is 1.78. The Balaban J connectivity index is 2.18. The summed E-state index contributed by atoms with van der Waals surface area (Å²) in [5.41, 5.74) is 0.399. The number of aromatic nitrogens is 4. The minimum atomic E-state index is -0.507. The molecule has 2 aromatic rings. The van der Waals surface area contributed by atoms with Crippen molar-refractivity contribution in [3.05, 3.63) is 46.4 Å². The molecule has 0 aromatic carbocycles. The number of rotatable bonds is 4. The van der Waals surface area contributed by atoms with Crippen molar-refractivity contribution in [1.29, 1.82) is 0 Å². The summed E-state index contributed by atoms with van der Waals surface area (Å²) in [6.45, 7) is 3.98. The van der Waals surface area contributed by atoms with E-state index in [1.807, 2.05) is 26.0 Å². The van der Waals surface area contributed by atoms with Crippen molar-refractivity contribution in [1.82, 2.24) is 25.5 Å². The highest BCUT2D eigenvalue weighted by atomic mass is 16.2. The lowest BCUT2D eigenvalue weighted by Gasteiger charge is -2.21. The van der Waals surface area contributed by atoms with E-state index in [9.17, 15) is 9.59 Å². The molecule has 1 atom stereocenters. The zero-order valence-electron chi connectivity index (χ0n) is 10.7. The first-order chi connectivity index (χ1) is 9.08. The van der Waals surface area contributed by atoms with Gasteiger partial charge in [-0.05, 0) is 17.5 Å². The van der Waals surface area contributed by atoms with Crippen molar-refractivity contribution < 1.29 is 4.79 Å². The summed E-state index contributed by atoms with van der Waals surface area (Å²) in [5, 5.41) is 8.59. The molecule has 7 nitrogen and oxygen atoms in total. The van der Waals surface area contributed by atoms with Gasteiger partial charge in [0.1, 0.15) is 0 Å². The lowest BCUT2D eigenvalue weighted by atomic mass is 9.97. The molecule has 0 saturated heterocycles. The number of carbonyl (C=O) groups excluding carboxylic acids is 1. The zero-order valence-corrected chi connectivity index (χ0v) is 10.7. The minimum Gasteiger partial charge on any atom is -0.342 e. The lowest BCUT2D eigenvalue weighted by Crippen LogP contribution is -2.32. The van der Waals surface area contributed by atoms with E-state index >= 15 is 0 Å². The third-order valence-electron chi connectivity index (χ3n) is 2.71. The summed E-state index contributed by atoms with van der Waals surface area (Å²) in [5.74, 6) is -0.278. The molecule has 100 valence electrons. The molecule has 0 saturated carbocycles. The monoisotopic (exact) mass is 261 g/mol. The number of pyridine rings is 1. The van der Waals surface area contributed by atoms with Gasteiger partial charge in [0.2, 0.25) is 5.82 Å². The first-order valence-electron chi connectivity index (χ1n) is 5.93. The largest absolute Gasteiger partial charge is 0.342 e. The van der Waals surface area contributed by atoms with Crippen molar-refractivity contribution >= 4 is 5.91 Å². The molecule has 1 amide bonds. The maximum Gasteiger partial charge on any atom is 0.341 e. The average molecular weight is 261 g/mol. The standard InChI is InChI=1S/C12H15N5O2/c1-7(2)9(8-4-3-5-13-6-8)14-11(18)10-15-12(19)17-16-10/h3-7,9H,1-2H3,(H,14,18)(H2,15,16,17,19)/t9-/m1/s1. The van der Waals surface area contributed by atoms with Crippen LogP contribution in [0.2, 0.25) is 0 Å². The summed E-state index contributed by atoms with van der Waals surface area (Å²) in [4.78, 5) is 29.2. The molecule has 0 aliphatic rings. The lowest BCUT2D eigenvalue weighted by molar-refractivity contribution is 0.0915. The van der Waals surface area contributed by atoms with Crippen molar-refractivity contribution in [2.45, 2.75) is 19.9 Å². The van der Waals surface area contributed by atoms with E-state index < -0.39 is 11.6 Å². The van der Waals surface area contributed by atoms with E-state index in [0.29, 0.717) is 0 Å². The predicted molar refractivity (Wildman–Crippen MR) is 68.5 cm³/mol. The minimum absolute atomic E-state index is 0.0282. The van der Waals surface area contributed by atoms with Gasteiger partial charge in [-0.25, -0.2) is 9.89 Å². The average Bonchev–Trinajstić information content (AvgIpc) is 2.83. The molecule has 2 rings (SSSR count). The number of carbonyl (C=O) groups is 1. The number of hydrogen-bond acceptors (Lipinski definition) is 4. The highest BCUT2D eigenvalue weighted by molar-refractivity contribution is 5.90. The molecule has 19 heavy (non-hydrogen) atoms. The van der Waals surface area contributed by atoms with E-state index in [0.717, 1.165) is 5.56 Å². The molecule has 0 bridgehead atoms. The van der Waals surface area contributed by atoms with Gasteiger partial charge in [0, 0.05) is 12.4 Å². The molecule has 0 aliphatic heterocycles. The quantitative estimate of drug-likeness (QED) is 0.750. The van der Waals surface area contributed by atoms with Crippen LogP contribution in [0.25, 0.3) is 0 Å². The van der Waals surface area contributed by atoms with Crippen LogP contribution in [0.5, 0.6) is 0 Å². The topological polar surface area (TPSA) is 104 Å². The van der Waals surface area contributed by atoms with E-state index in [1.54, 1.807) is 12.4 Å². The Hall–Kier alpha value is -2.44. The van der Waals surface area contributed by atoms with Crippen molar-refractivity contribution in [2.75, 3.05) is 0 Å². The second-order valence-corrected chi connectivity index (χ2v) is 4.51. The van der Waals surface area contributed by atoms with Crippen LogP contribution in [0, 0.1) is 5.92 Å². The van der Waals surface area contributed by atoms with E-state index in [1.165, 1.54) is 0 Å². The predicted octanol–water partition coefficient (Wildman–Crippen LogP) is 0.620. The number of aromatic amines is 2. The van der Waals surface area contributed by atoms with Crippen LogP contribution in [-0.4, -0.2) is 26.1 Å².